The Morgan fingerprint density at radius 2 is 1.54 bits per heavy atom. The van der Waals surface area contributed by atoms with E-state index in [1.165, 1.54) is 4.90 Å². The second-order valence-corrected chi connectivity index (χ2v) is 10.2. The van der Waals surface area contributed by atoms with E-state index in [1.54, 1.807) is 38.1 Å². The van der Waals surface area contributed by atoms with Crippen molar-refractivity contribution in [1.82, 2.24) is 4.90 Å². The van der Waals surface area contributed by atoms with E-state index in [0.717, 1.165) is 24.8 Å². The van der Waals surface area contributed by atoms with Gasteiger partial charge in [-0.15, -0.1) is 0 Å². The number of likely N-dealkylation sites (tertiary alicyclic amines) is 1. The van der Waals surface area contributed by atoms with Crippen molar-refractivity contribution in [3.05, 3.63) is 65.7 Å². The van der Waals surface area contributed by atoms with E-state index in [9.17, 15) is 19.2 Å². The fraction of sp³-hybridized carbons (Fsp3) is 0.429. The van der Waals surface area contributed by atoms with E-state index in [2.05, 4.69) is 5.32 Å². The summed E-state index contributed by atoms with van der Waals surface area (Å²) in [5.74, 6) is -1.30. The van der Waals surface area contributed by atoms with Gasteiger partial charge in [0.05, 0.1) is 23.5 Å². The van der Waals surface area contributed by atoms with Crippen LogP contribution in [-0.4, -0.2) is 40.7 Å². The maximum atomic E-state index is 13.5. The number of rotatable bonds is 7. The molecule has 7 heteroatoms. The van der Waals surface area contributed by atoms with Crippen LogP contribution in [0, 0.1) is 23.7 Å². The minimum Gasteiger partial charge on any atom is -0.459 e. The molecule has 1 aliphatic heterocycles. The maximum Gasteiger partial charge on any atom is 0.338 e. The van der Waals surface area contributed by atoms with Gasteiger partial charge in [-0.1, -0.05) is 30.3 Å². The predicted molar refractivity (Wildman–Crippen MR) is 129 cm³/mol. The Balaban J connectivity index is 1.38. The first-order valence-corrected chi connectivity index (χ1v) is 12.4. The van der Waals surface area contributed by atoms with Crippen LogP contribution in [0.15, 0.2) is 54.6 Å². The van der Waals surface area contributed by atoms with Crippen molar-refractivity contribution in [2.24, 2.45) is 23.7 Å². The summed E-state index contributed by atoms with van der Waals surface area (Å²) >= 11 is 0. The smallest absolute Gasteiger partial charge is 0.338 e. The summed E-state index contributed by atoms with van der Waals surface area (Å²) in [6.07, 6.45) is 2.94. The molecule has 0 radical (unpaired) electrons. The standard InChI is InChI=1S/C28H30N2O5/c1-16(2)35-28(34)18-10-12-21(13-11-18)29-25(31)22(14-17-6-4-3-5-7-17)30-26(32)23-19-8-9-20(15-19)24(23)27(30)33/h3-7,10-13,16,19-20,22-24H,8-9,14-15H2,1-2H3,(H,29,31)/t19-,20-,22-,23-,24+/m0/s1. The van der Waals surface area contributed by atoms with Gasteiger partial charge < -0.3 is 10.1 Å². The number of ether oxygens (including phenoxy) is 1. The highest BCUT2D eigenvalue weighted by Gasteiger charge is 2.62. The van der Waals surface area contributed by atoms with Crippen molar-refractivity contribution in [3.8, 4) is 0 Å². The summed E-state index contributed by atoms with van der Waals surface area (Å²) in [5, 5.41) is 2.85. The van der Waals surface area contributed by atoms with E-state index < -0.39 is 17.9 Å². The zero-order valence-electron chi connectivity index (χ0n) is 20.0. The van der Waals surface area contributed by atoms with Crippen LogP contribution in [-0.2, 0) is 25.5 Å². The Morgan fingerprint density at radius 1 is 0.943 bits per heavy atom. The molecule has 1 N–H and O–H groups in total. The summed E-state index contributed by atoms with van der Waals surface area (Å²) in [6, 6.07) is 14.9. The van der Waals surface area contributed by atoms with Crippen molar-refractivity contribution >= 4 is 29.4 Å². The lowest BCUT2D eigenvalue weighted by molar-refractivity contribution is -0.147. The molecule has 2 saturated carbocycles. The number of anilines is 1. The molecular weight excluding hydrogens is 444 g/mol. The molecule has 3 amide bonds. The van der Waals surface area contributed by atoms with Gasteiger partial charge in [0.1, 0.15) is 6.04 Å². The molecular formula is C28H30N2O5. The van der Waals surface area contributed by atoms with E-state index >= 15 is 0 Å². The van der Waals surface area contributed by atoms with Crippen molar-refractivity contribution in [1.29, 1.82) is 0 Å². The molecule has 5 rings (SSSR count). The molecule has 1 heterocycles. The van der Waals surface area contributed by atoms with Gasteiger partial charge in [-0.05, 0) is 74.8 Å². The summed E-state index contributed by atoms with van der Waals surface area (Å²) in [6.45, 7) is 3.56. The van der Waals surface area contributed by atoms with E-state index in [1.807, 2.05) is 30.3 Å². The lowest BCUT2D eigenvalue weighted by Gasteiger charge is -2.27. The van der Waals surface area contributed by atoms with Crippen LogP contribution >= 0.6 is 0 Å². The highest BCUT2D eigenvalue weighted by molar-refractivity contribution is 6.10. The Morgan fingerprint density at radius 3 is 2.11 bits per heavy atom. The Labute approximate surface area is 204 Å². The summed E-state index contributed by atoms with van der Waals surface area (Å²) in [5.41, 5.74) is 1.74. The van der Waals surface area contributed by atoms with Crippen LogP contribution in [0.1, 0.15) is 49.0 Å². The monoisotopic (exact) mass is 474 g/mol. The molecule has 182 valence electrons. The Hall–Kier alpha value is -3.48. The van der Waals surface area contributed by atoms with Gasteiger partial charge in [0.2, 0.25) is 17.7 Å². The van der Waals surface area contributed by atoms with Gasteiger partial charge in [-0.2, -0.15) is 0 Å². The second kappa shape index (κ2) is 9.29. The van der Waals surface area contributed by atoms with Gasteiger partial charge >= 0.3 is 5.97 Å². The fourth-order valence-corrected chi connectivity index (χ4v) is 6.07. The number of carbonyl (C=O) groups excluding carboxylic acids is 4. The van der Waals surface area contributed by atoms with Crippen LogP contribution in [0.3, 0.4) is 0 Å². The van der Waals surface area contributed by atoms with Gasteiger partial charge in [0, 0.05) is 12.1 Å². The zero-order valence-corrected chi connectivity index (χ0v) is 20.0. The third-order valence-corrected chi connectivity index (χ3v) is 7.58. The highest BCUT2D eigenvalue weighted by Crippen LogP contribution is 2.56. The predicted octanol–water partition coefficient (Wildman–Crippen LogP) is 3.83. The normalized spacial score (nSPS) is 25.6. The number of nitrogens with one attached hydrogen (secondary N) is 1. The van der Waals surface area contributed by atoms with Crippen LogP contribution in [0.4, 0.5) is 5.69 Å². The lowest BCUT2D eigenvalue weighted by Crippen LogP contribution is -2.49. The number of imide groups is 1. The maximum absolute atomic E-state index is 13.5. The first-order valence-electron chi connectivity index (χ1n) is 12.4. The number of fused-ring (bicyclic) bond motifs is 5. The van der Waals surface area contributed by atoms with Crippen molar-refractivity contribution in [2.45, 2.75) is 51.7 Å². The zero-order chi connectivity index (χ0) is 24.7. The average Bonchev–Trinajstić information content (AvgIpc) is 3.52. The minimum atomic E-state index is -0.937. The molecule has 35 heavy (non-hydrogen) atoms. The number of hydrogen-bond donors (Lipinski definition) is 1. The van der Waals surface area contributed by atoms with Crippen LogP contribution in [0.2, 0.25) is 0 Å². The van der Waals surface area contributed by atoms with Gasteiger partial charge in [-0.3, -0.25) is 19.3 Å². The van der Waals surface area contributed by atoms with Gasteiger partial charge in [-0.25, -0.2) is 4.79 Å². The first-order chi connectivity index (χ1) is 16.8. The number of carbonyl (C=O) groups is 4. The molecule has 0 unspecified atom stereocenters. The van der Waals surface area contributed by atoms with E-state index in [0.29, 0.717) is 11.3 Å². The Bertz CT molecular complexity index is 1120. The lowest BCUT2D eigenvalue weighted by atomic mass is 9.81. The van der Waals surface area contributed by atoms with E-state index in [-0.39, 0.29) is 48.0 Å². The van der Waals surface area contributed by atoms with Gasteiger partial charge in [0.15, 0.2) is 0 Å². The van der Waals surface area contributed by atoms with Crippen LogP contribution in [0.5, 0.6) is 0 Å². The molecule has 1 saturated heterocycles. The molecule has 7 nitrogen and oxygen atoms in total. The molecule has 5 atom stereocenters. The second-order valence-electron chi connectivity index (χ2n) is 10.2. The van der Waals surface area contributed by atoms with Crippen LogP contribution < -0.4 is 5.32 Å². The average molecular weight is 475 g/mol. The number of benzene rings is 2. The number of hydrogen-bond acceptors (Lipinski definition) is 5. The van der Waals surface area contributed by atoms with E-state index in [4.69, 9.17) is 4.74 Å². The quantitative estimate of drug-likeness (QED) is 0.486. The largest absolute Gasteiger partial charge is 0.459 e. The minimum absolute atomic E-state index is 0.199. The number of esters is 1. The third kappa shape index (κ3) is 4.35. The molecule has 2 aliphatic carbocycles. The molecule has 0 spiro atoms. The van der Waals surface area contributed by atoms with Crippen molar-refractivity contribution < 1.29 is 23.9 Å². The molecule has 2 aromatic rings. The summed E-state index contributed by atoms with van der Waals surface area (Å²) in [7, 11) is 0. The topological polar surface area (TPSA) is 92.8 Å². The molecule has 2 aromatic carbocycles. The summed E-state index contributed by atoms with van der Waals surface area (Å²) < 4.78 is 5.20. The number of amides is 3. The molecule has 0 aromatic heterocycles. The van der Waals surface area contributed by atoms with Crippen molar-refractivity contribution in [2.75, 3.05) is 5.32 Å². The van der Waals surface area contributed by atoms with Crippen LogP contribution in [0.25, 0.3) is 0 Å². The highest BCUT2D eigenvalue weighted by atomic mass is 16.5. The summed E-state index contributed by atoms with van der Waals surface area (Å²) in [4.78, 5) is 53.8. The fourth-order valence-electron chi connectivity index (χ4n) is 6.07. The third-order valence-electron chi connectivity index (χ3n) is 7.58. The SMILES string of the molecule is CC(C)OC(=O)c1ccc(NC(=O)[C@H](Cc2ccccc2)N2C(=O)[C@@H]3[C@H]4CC[C@@H](C4)[C@@H]3C2=O)cc1. The number of nitrogens with zero attached hydrogens (tertiary/aromatic N) is 1. The molecule has 3 aliphatic rings. The Kier molecular flexibility index (Phi) is 6.17. The first kappa shape index (κ1) is 23.3. The van der Waals surface area contributed by atoms with Crippen molar-refractivity contribution in [3.63, 3.8) is 0 Å². The molecule has 2 bridgehead atoms. The van der Waals surface area contributed by atoms with Gasteiger partial charge in [0.25, 0.3) is 0 Å². The molecule has 3 fully saturated rings.